The van der Waals surface area contributed by atoms with E-state index in [-0.39, 0.29) is 11.7 Å². The number of carbonyl (C=O) groups is 1. The molecule has 0 atom stereocenters. The molecule has 9 heteroatoms. The lowest BCUT2D eigenvalue weighted by Crippen LogP contribution is -2.11. The van der Waals surface area contributed by atoms with E-state index < -0.39 is 0 Å². The Morgan fingerprint density at radius 3 is 2.32 bits per heavy atom. The third-order valence-electron chi connectivity index (χ3n) is 5.35. The molecular formula is C28H22FN5O3. The van der Waals surface area contributed by atoms with Gasteiger partial charge in [0, 0.05) is 29.7 Å². The lowest BCUT2D eigenvalue weighted by Gasteiger charge is -2.11. The Kier molecular flexibility index (Phi) is 6.58. The Balaban J connectivity index is 1.25. The maximum Gasteiger partial charge on any atom is 0.255 e. The Morgan fingerprint density at radius 1 is 0.865 bits per heavy atom. The fraction of sp³-hybridized carbons (Fsp3) is 0.0714. The molecule has 1 N–H and O–H groups in total. The van der Waals surface area contributed by atoms with Crippen molar-refractivity contribution in [1.29, 1.82) is 0 Å². The number of nitrogens with zero attached hydrogens (tertiary/aromatic N) is 4. The summed E-state index contributed by atoms with van der Waals surface area (Å²) in [5, 5.41) is 2.86. The number of imidazole rings is 1. The summed E-state index contributed by atoms with van der Waals surface area (Å²) in [6, 6.07) is 21.1. The fourth-order valence-electron chi connectivity index (χ4n) is 3.59. The van der Waals surface area contributed by atoms with Gasteiger partial charge in [-0.1, -0.05) is 6.07 Å². The summed E-state index contributed by atoms with van der Waals surface area (Å²) in [4.78, 5) is 25.8. The van der Waals surface area contributed by atoms with E-state index in [2.05, 4.69) is 20.3 Å². The predicted octanol–water partition coefficient (Wildman–Crippen LogP) is 6.26. The Morgan fingerprint density at radius 2 is 1.59 bits per heavy atom. The molecule has 0 saturated heterocycles. The normalized spacial score (nSPS) is 10.7. The third kappa shape index (κ3) is 5.79. The summed E-state index contributed by atoms with van der Waals surface area (Å²) in [7, 11) is 0. The highest BCUT2D eigenvalue weighted by atomic mass is 19.1. The Hall–Kier alpha value is -5.05. The zero-order valence-corrected chi connectivity index (χ0v) is 20.1. The molecule has 0 aliphatic rings. The van der Waals surface area contributed by atoms with Crippen molar-refractivity contribution in [2.24, 2.45) is 0 Å². The highest BCUT2D eigenvalue weighted by Gasteiger charge is 2.10. The summed E-state index contributed by atoms with van der Waals surface area (Å²) in [6.45, 7) is 3.68. The first-order chi connectivity index (χ1) is 17.9. The van der Waals surface area contributed by atoms with Crippen LogP contribution in [0, 0.1) is 19.7 Å². The van der Waals surface area contributed by atoms with Crippen LogP contribution >= 0.6 is 0 Å². The lowest BCUT2D eigenvalue weighted by molar-refractivity contribution is 0.102. The number of aryl methyl sites for hydroxylation is 2. The quantitative estimate of drug-likeness (QED) is 0.287. The van der Waals surface area contributed by atoms with Crippen molar-refractivity contribution in [3.8, 4) is 28.9 Å². The van der Waals surface area contributed by atoms with E-state index >= 15 is 0 Å². The monoisotopic (exact) mass is 495 g/mol. The molecule has 0 aliphatic heterocycles. The second-order valence-electron chi connectivity index (χ2n) is 8.12. The minimum atomic E-state index is -0.349. The van der Waals surface area contributed by atoms with E-state index in [1.165, 1.54) is 24.3 Å². The number of nitrogens with one attached hydrogen (secondary N) is 1. The van der Waals surface area contributed by atoms with Crippen LogP contribution in [0.25, 0.3) is 5.82 Å². The summed E-state index contributed by atoms with van der Waals surface area (Å²) in [6.07, 6.45) is 3.53. The summed E-state index contributed by atoms with van der Waals surface area (Å²) >= 11 is 0. The van der Waals surface area contributed by atoms with Crippen molar-refractivity contribution >= 4 is 11.6 Å². The first-order valence-corrected chi connectivity index (χ1v) is 11.4. The van der Waals surface area contributed by atoms with Crippen LogP contribution in [0.1, 0.15) is 22.0 Å². The van der Waals surface area contributed by atoms with Gasteiger partial charge in [-0.2, -0.15) is 4.98 Å². The molecule has 37 heavy (non-hydrogen) atoms. The highest BCUT2D eigenvalue weighted by Crippen LogP contribution is 2.25. The van der Waals surface area contributed by atoms with Gasteiger partial charge in [0.1, 0.15) is 40.5 Å². The Labute approximate surface area is 212 Å². The number of anilines is 1. The summed E-state index contributed by atoms with van der Waals surface area (Å²) < 4.78 is 26.6. The second-order valence-corrected chi connectivity index (χ2v) is 8.12. The number of amides is 1. The summed E-state index contributed by atoms with van der Waals surface area (Å²) in [5.41, 5.74) is 1.01. The molecule has 2 aromatic heterocycles. The summed E-state index contributed by atoms with van der Waals surface area (Å²) in [5.74, 6) is 3.26. The van der Waals surface area contributed by atoms with Crippen LogP contribution in [0.4, 0.5) is 10.1 Å². The van der Waals surface area contributed by atoms with Crippen LogP contribution in [-0.2, 0) is 0 Å². The van der Waals surface area contributed by atoms with Crippen LogP contribution in [0.3, 0.4) is 0 Å². The fourth-order valence-corrected chi connectivity index (χ4v) is 3.59. The predicted molar refractivity (Wildman–Crippen MR) is 136 cm³/mol. The number of hydrogen-bond donors (Lipinski definition) is 1. The lowest BCUT2D eigenvalue weighted by atomic mass is 10.2. The highest BCUT2D eigenvalue weighted by molar-refractivity contribution is 6.04. The van der Waals surface area contributed by atoms with Crippen LogP contribution < -0.4 is 14.8 Å². The zero-order valence-electron chi connectivity index (χ0n) is 20.1. The van der Waals surface area contributed by atoms with E-state index in [1.54, 1.807) is 67.7 Å². The second kappa shape index (κ2) is 10.3. The zero-order chi connectivity index (χ0) is 25.8. The number of benzene rings is 3. The molecule has 0 unspecified atom stereocenters. The molecular weight excluding hydrogens is 473 g/mol. The van der Waals surface area contributed by atoms with Gasteiger partial charge in [-0.15, -0.1) is 0 Å². The van der Waals surface area contributed by atoms with Gasteiger partial charge in [-0.3, -0.25) is 9.36 Å². The first kappa shape index (κ1) is 23.7. The van der Waals surface area contributed by atoms with Gasteiger partial charge in [0.15, 0.2) is 0 Å². The average Bonchev–Trinajstić information content (AvgIpc) is 3.32. The van der Waals surface area contributed by atoms with Gasteiger partial charge >= 0.3 is 0 Å². The van der Waals surface area contributed by atoms with Gasteiger partial charge in [0.05, 0.1) is 0 Å². The topological polar surface area (TPSA) is 91.2 Å². The minimum absolute atomic E-state index is 0.301. The number of ether oxygens (including phenoxy) is 2. The van der Waals surface area contributed by atoms with E-state index in [0.717, 1.165) is 5.82 Å². The van der Waals surface area contributed by atoms with Crippen molar-refractivity contribution in [2.75, 3.05) is 5.32 Å². The van der Waals surface area contributed by atoms with Crippen LogP contribution in [0.5, 0.6) is 23.1 Å². The van der Waals surface area contributed by atoms with Gasteiger partial charge in [0.2, 0.25) is 5.88 Å². The third-order valence-corrected chi connectivity index (χ3v) is 5.35. The van der Waals surface area contributed by atoms with Crippen molar-refractivity contribution in [1.82, 2.24) is 19.5 Å². The van der Waals surface area contributed by atoms with Gasteiger partial charge in [-0.05, 0) is 80.6 Å². The standard InChI is InChI=1S/C28H22FN5O3/c1-18-31-26(34-15-14-30-19(34)2)17-27(32-18)37-24-12-8-22(9-13-24)33-28(35)20-4-3-5-25(16-20)36-23-10-6-21(29)7-11-23/h3-17H,1-2H3,(H,33,35). The molecule has 5 aromatic rings. The minimum Gasteiger partial charge on any atom is -0.457 e. The van der Waals surface area contributed by atoms with Gasteiger partial charge < -0.3 is 14.8 Å². The molecule has 0 spiro atoms. The first-order valence-electron chi connectivity index (χ1n) is 11.4. The molecule has 0 bridgehead atoms. The molecule has 0 fully saturated rings. The van der Waals surface area contributed by atoms with Crippen molar-refractivity contribution < 1.29 is 18.7 Å². The van der Waals surface area contributed by atoms with Gasteiger partial charge in [0.25, 0.3) is 5.91 Å². The smallest absolute Gasteiger partial charge is 0.255 e. The average molecular weight is 496 g/mol. The number of carbonyl (C=O) groups excluding carboxylic acids is 1. The van der Waals surface area contributed by atoms with E-state index in [0.29, 0.717) is 46.0 Å². The molecule has 2 heterocycles. The number of hydrogen-bond acceptors (Lipinski definition) is 6. The van der Waals surface area contributed by atoms with E-state index in [4.69, 9.17) is 9.47 Å². The molecule has 184 valence electrons. The van der Waals surface area contributed by atoms with Crippen LogP contribution in [-0.4, -0.2) is 25.4 Å². The Bertz CT molecular complexity index is 1550. The molecule has 0 aliphatic carbocycles. The maximum atomic E-state index is 13.1. The molecule has 0 saturated carbocycles. The number of halogens is 1. The van der Waals surface area contributed by atoms with Crippen molar-refractivity contribution in [3.05, 3.63) is 114 Å². The van der Waals surface area contributed by atoms with Crippen LogP contribution in [0.15, 0.2) is 91.3 Å². The SMILES string of the molecule is Cc1nc(Oc2ccc(NC(=O)c3cccc(Oc4ccc(F)cc4)c3)cc2)cc(-n2ccnc2C)n1. The van der Waals surface area contributed by atoms with E-state index in [9.17, 15) is 9.18 Å². The van der Waals surface area contributed by atoms with Crippen molar-refractivity contribution in [2.45, 2.75) is 13.8 Å². The molecule has 1 amide bonds. The maximum absolute atomic E-state index is 13.1. The number of rotatable bonds is 7. The molecule has 8 nitrogen and oxygen atoms in total. The number of aromatic nitrogens is 4. The van der Waals surface area contributed by atoms with Crippen molar-refractivity contribution in [3.63, 3.8) is 0 Å². The largest absolute Gasteiger partial charge is 0.457 e. The molecule has 5 rings (SSSR count). The molecule has 3 aromatic carbocycles. The molecule has 0 radical (unpaired) electrons. The van der Waals surface area contributed by atoms with Crippen LogP contribution in [0.2, 0.25) is 0 Å². The van der Waals surface area contributed by atoms with E-state index in [1.807, 2.05) is 17.7 Å². The van der Waals surface area contributed by atoms with Gasteiger partial charge in [-0.25, -0.2) is 14.4 Å².